The van der Waals surface area contributed by atoms with E-state index in [2.05, 4.69) is 22.9 Å². The standard InChI is InChI=1S/C40H68N6O7/c1-11-27(4)35(44(8)38(50)34(26(2)3)43-39(51)46-21-19-41-25-40(46,6)7)32(52-9)23-33(48)45-20-15-18-31(45)36(53-10)28(5)37(49)42-30(24-47)22-29-16-13-12-14-17-29/h12-14,16-17,26-28,30-32,34-36,41,47H,11,15,18-25H2,1-10H3,(H,42,49)(H,43,51)/t27-,28+,30-,31-,32+,34-,35-,36+/m0/s1. The van der Waals surface area contributed by atoms with Crippen LogP contribution in [0.1, 0.15) is 79.7 Å². The zero-order valence-corrected chi connectivity index (χ0v) is 33.9. The molecule has 0 spiro atoms. The number of likely N-dealkylation sites (tertiary alicyclic amines) is 1. The molecule has 5 amide bonds. The maximum Gasteiger partial charge on any atom is 0.318 e. The second kappa shape index (κ2) is 20.4. The first-order valence-electron chi connectivity index (χ1n) is 19.5. The van der Waals surface area contributed by atoms with Gasteiger partial charge in [0.05, 0.1) is 54.8 Å². The van der Waals surface area contributed by atoms with Crippen molar-refractivity contribution >= 4 is 23.8 Å². The number of piperazine rings is 1. The Morgan fingerprint density at radius 3 is 2.28 bits per heavy atom. The molecule has 2 heterocycles. The van der Waals surface area contributed by atoms with Crippen molar-refractivity contribution in [3.05, 3.63) is 35.9 Å². The highest BCUT2D eigenvalue weighted by Crippen LogP contribution is 2.30. The second-order valence-electron chi connectivity index (χ2n) is 16.0. The number of nitrogens with zero attached hydrogens (tertiary/aromatic N) is 3. The van der Waals surface area contributed by atoms with Gasteiger partial charge in [-0.25, -0.2) is 4.79 Å². The van der Waals surface area contributed by atoms with Crippen molar-refractivity contribution < 1.29 is 33.8 Å². The molecule has 0 aromatic heterocycles. The van der Waals surface area contributed by atoms with Crippen LogP contribution in [0.4, 0.5) is 4.79 Å². The summed E-state index contributed by atoms with van der Waals surface area (Å²) in [5.41, 5.74) is 0.607. The van der Waals surface area contributed by atoms with Gasteiger partial charge in [-0.3, -0.25) is 14.4 Å². The van der Waals surface area contributed by atoms with E-state index in [0.717, 1.165) is 18.4 Å². The predicted octanol–water partition coefficient (Wildman–Crippen LogP) is 3.04. The van der Waals surface area contributed by atoms with Crippen LogP contribution in [0.25, 0.3) is 0 Å². The molecule has 0 saturated carbocycles. The number of hydrogen-bond donors (Lipinski definition) is 4. The lowest BCUT2D eigenvalue weighted by molar-refractivity contribution is -0.147. The van der Waals surface area contributed by atoms with E-state index in [1.54, 1.807) is 42.9 Å². The minimum atomic E-state index is -0.769. The monoisotopic (exact) mass is 745 g/mol. The maximum atomic E-state index is 14.3. The van der Waals surface area contributed by atoms with Crippen LogP contribution >= 0.6 is 0 Å². The summed E-state index contributed by atoms with van der Waals surface area (Å²) in [7, 11) is 4.87. The van der Waals surface area contributed by atoms with E-state index in [1.807, 2.05) is 65.0 Å². The highest BCUT2D eigenvalue weighted by Gasteiger charge is 2.43. The molecule has 2 aliphatic heterocycles. The van der Waals surface area contributed by atoms with E-state index in [1.165, 1.54) is 0 Å². The fourth-order valence-electron chi connectivity index (χ4n) is 8.00. The average Bonchev–Trinajstić information content (AvgIpc) is 3.62. The van der Waals surface area contributed by atoms with Crippen molar-refractivity contribution in [2.75, 3.05) is 54.1 Å². The number of carbonyl (C=O) groups is 4. The highest BCUT2D eigenvalue weighted by atomic mass is 16.5. The normalized spacial score (nSPS) is 21.2. The molecule has 13 nitrogen and oxygen atoms in total. The second-order valence-corrected chi connectivity index (χ2v) is 16.0. The van der Waals surface area contributed by atoms with Crippen LogP contribution in [0.2, 0.25) is 0 Å². The van der Waals surface area contributed by atoms with Crippen molar-refractivity contribution in [1.82, 2.24) is 30.7 Å². The van der Waals surface area contributed by atoms with E-state index >= 15 is 0 Å². The molecule has 2 saturated heterocycles. The minimum Gasteiger partial charge on any atom is -0.394 e. The average molecular weight is 745 g/mol. The Morgan fingerprint density at radius 1 is 1.04 bits per heavy atom. The van der Waals surface area contributed by atoms with Gasteiger partial charge in [0.25, 0.3) is 0 Å². The Balaban J connectivity index is 1.75. The van der Waals surface area contributed by atoms with E-state index in [4.69, 9.17) is 9.47 Å². The van der Waals surface area contributed by atoms with Gasteiger partial charge in [0.2, 0.25) is 17.7 Å². The van der Waals surface area contributed by atoms with Gasteiger partial charge in [0, 0.05) is 47.4 Å². The lowest BCUT2D eigenvalue weighted by atomic mass is 9.89. The number of methoxy groups -OCH3 is 2. The third-order valence-corrected chi connectivity index (χ3v) is 11.4. The van der Waals surface area contributed by atoms with Crippen molar-refractivity contribution in [2.45, 2.75) is 122 Å². The molecule has 0 bridgehead atoms. The number of aliphatic hydroxyl groups excluding tert-OH is 1. The molecular weight excluding hydrogens is 676 g/mol. The number of rotatable bonds is 18. The van der Waals surface area contributed by atoms with E-state index in [-0.39, 0.29) is 54.7 Å². The number of hydrogen-bond acceptors (Lipinski definition) is 8. The zero-order chi connectivity index (χ0) is 39.5. The summed E-state index contributed by atoms with van der Waals surface area (Å²) in [6.45, 7) is 16.0. The van der Waals surface area contributed by atoms with E-state index < -0.39 is 41.8 Å². The topological polar surface area (TPSA) is 153 Å². The number of nitrogens with one attached hydrogen (secondary N) is 3. The number of urea groups is 1. The first-order chi connectivity index (χ1) is 25.1. The summed E-state index contributed by atoms with van der Waals surface area (Å²) in [6.07, 6.45) is 1.54. The van der Waals surface area contributed by atoms with Crippen LogP contribution in [0.5, 0.6) is 0 Å². The summed E-state index contributed by atoms with van der Waals surface area (Å²) in [6, 6.07) is 7.42. The summed E-state index contributed by atoms with van der Waals surface area (Å²) in [5, 5.41) is 19.4. The smallest absolute Gasteiger partial charge is 0.318 e. The van der Waals surface area contributed by atoms with Gasteiger partial charge in [-0.1, -0.05) is 71.4 Å². The Kier molecular flexibility index (Phi) is 17.0. The molecule has 2 fully saturated rings. The van der Waals surface area contributed by atoms with Gasteiger partial charge in [0.15, 0.2) is 0 Å². The predicted molar refractivity (Wildman–Crippen MR) is 206 cm³/mol. The van der Waals surface area contributed by atoms with Gasteiger partial charge >= 0.3 is 6.03 Å². The lowest BCUT2D eigenvalue weighted by Gasteiger charge is -2.44. The highest BCUT2D eigenvalue weighted by molar-refractivity contribution is 5.88. The van der Waals surface area contributed by atoms with Crippen LogP contribution in [0.15, 0.2) is 30.3 Å². The quantitative estimate of drug-likeness (QED) is 0.179. The number of benzene rings is 1. The van der Waals surface area contributed by atoms with Crippen molar-refractivity contribution in [1.29, 1.82) is 0 Å². The number of amides is 5. The Labute approximate surface area is 317 Å². The molecule has 0 radical (unpaired) electrons. The molecule has 0 aliphatic carbocycles. The van der Waals surface area contributed by atoms with E-state index in [9.17, 15) is 24.3 Å². The Hall–Kier alpha value is -3.26. The molecule has 8 atom stereocenters. The molecule has 1 aromatic carbocycles. The molecule has 3 rings (SSSR count). The van der Waals surface area contributed by atoms with Gasteiger partial charge in [-0.2, -0.15) is 0 Å². The van der Waals surface area contributed by atoms with Gasteiger partial charge in [0.1, 0.15) is 6.04 Å². The fourth-order valence-corrected chi connectivity index (χ4v) is 8.00. The van der Waals surface area contributed by atoms with Gasteiger partial charge in [-0.05, 0) is 50.5 Å². The van der Waals surface area contributed by atoms with Crippen molar-refractivity contribution in [3.8, 4) is 0 Å². The third kappa shape index (κ3) is 11.4. The Bertz CT molecular complexity index is 1330. The van der Waals surface area contributed by atoms with Crippen LogP contribution in [0.3, 0.4) is 0 Å². The number of ether oxygens (including phenoxy) is 2. The molecule has 13 heteroatoms. The molecule has 4 N–H and O–H groups in total. The zero-order valence-electron chi connectivity index (χ0n) is 33.9. The number of carbonyl (C=O) groups excluding carboxylic acids is 4. The van der Waals surface area contributed by atoms with Crippen LogP contribution in [-0.4, -0.2) is 140 Å². The maximum absolute atomic E-state index is 14.3. The Morgan fingerprint density at radius 2 is 1.72 bits per heavy atom. The van der Waals surface area contributed by atoms with Crippen LogP contribution in [0, 0.1) is 17.8 Å². The lowest BCUT2D eigenvalue weighted by Crippen LogP contribution is -2.65. The van der Waals surface area contributed by atoms with Crippen molar-refractivity contribution in [2.24, 2.45) is 17.8 Å². The third-order valence-electron chi connectivity index (χ3n) is 11.4. The molecule has 0 unspecified atom stereocenters. The summed E-state index contributed by atoms with van der Waals surface area (Å²) in [5.74, 6) is -1.39. The first-order valence-corrected chi connectivity index (χ1v) is 19.5. The molecule has 1 aromatic rings. The summed E-state index contributed by atoms with van der Waals surface area (Å²) < 4.78 is 12.0. The van der Waals surface area contributed by atoms with Gasteiger partial charge in [-0.15, -0.1) is 0 Å². The van der Waals surface area contributed by atoms with Gasteiger partial charge < -0.3 is 45.2 Å². The van der Waals surface area contributed by atoms with Crippen molar-refractivity contribution in [3.63, 3.8) is 0 Å². The largest absolute Gasteiger partial charge is 0.394 e. The first kappa shape index (κ1) is 44.1. The van der Waals surface area contributed by atoms with Crippen LogP contribution < -0.4 is 16.0 Å². The SMILES string of the molecule is CC[C@H](C)[C@@H]([C@@H](CC(=O)N1CCC[C@H]1[C@H](OC)[C@@H](C)C(=O)N[C@H](CO)Cc1ccccc1)OC)N(C)C(=O)[C@@H](NC(=O)N1CCNCC1(C)C)C(C)C. The fraction of sp³-hybridized carbons (Fsp3) is 0.750. The number of likely N-dealkylation sites (N-methyl/N-ethyl adjacent to an activating group) is 1. The minimum absolute atomic E-state index is 0.0162. The molecule has 2 aliphatic rings. The van der Waals surface area contributed by atoms with Crippen LogP contribution in [-0.2, 0) is 30.3 Å². The summed E-state index contributed by atoms with van der Waals surface area (Å²) in [4.78, 5) is 60.7. The number of aliphatic hydroxyl groups is 1. The molecule has 300 valence electrons. The molecular formula is C40H68N6O7. The van der Waals surface area contributed by atoms with E-state index in [0.29, 0.717) is 39.0 Å². The summed E-state index contributed by atoms with van der Waals surface area (Å²) >= 11 is 0. The molecule has 53 heavy (non-hydrogen) atoms.